The Kier molecular flexibility index (Phi) is 6.71. The van der Waals surface area contributed by atoms with Gasteiger partial charge in [0.2, 0.25) is 10.0 Å². The highest BCUT2D eigenvalue weighted by molar-refractivity contribution is 7.89. The molecule has 1 heterocycles. The van der Waals surface area contributed by atoms with E-state index in [0.717, 1.165) is 37.4 Å². The van der Waals surface area contributed by atoms with E-state index in [2.05, 4.69) is 40.3 Å². The van der Waals surface area contributed by atoms with Crippen LogP contribution in [-0.2, 0) is 16.6 Å². The molecule has 1 saturated carbocycles. The zero-order chi connectivity index (χ0) is 24.7. The van der Waals surface area contributed by atoms with Crippen LogP contribution in [-0.4, -0.2) is 49.5 Å². The molecule has 34 heavy (non-hydrogen) atoms. The lowest BCUT2D eigenvalue weighted by molar-refractivity contribution is -0.274. The van der Waals surface area contributed by atoms with Crippen molar-refractivity contribution in [2.24, 2.45) is 11.3 Å². The molecule has 2 aromatic rings. The van der Waals surface area contributed by atoms with Crippen molar-refractivity contribution in [2.75, 3.05) is 6.54 Å². The van der Waals surface area contributed by atoms with Gasteiger partial charge in [-0.15, -0.1) is 13.2 Å². The van der Waals surface area contributed by atoms with Gasteiger partial charge >= 0.3 is 6.36 Å². The Balaban J connectivity index is 1.44. The molecule has 1 spiro atoms. The number of rotatable bonds is 7. The summed E-state index contributed by atoms with van der Waals surface area (Å²) in [7, 11) is -4.03. The Bertz CT molecular complexity index is 1090. The summed E-state index contributed by atoms with van der Waals surface area (Å²) in [6, 6.07) is 13.7. The smallest absolute Gasteiger partial charge is 0.406 e. The number of ether oxygens (including phenoxy) is 1. The van der Waals surface area contributed by atoms with Crippen LogP contribution in [0.3, 0.4) is 0 Å². The van der Waals surface area contributed by atoms with Crippen molar-refractivity contribution in [2.45, 2.75) is 62.7 Å². The predicted molar refractivity (Wildman–Crippen MR) is 120 cm³/mol. The number of nitrogens with zero attached hydrogens (tertiary/aromatic N) is 1. The van der Waals surface area contributed by atoms with E-state index < -0.39 is 34.3 Å². The second kappa shape index (κ2) is 9.14. The van der Waals surface area contributed by atoms with Crippen molar-refractivity contribution < 1.29 is 31.4 Å². The first-order valence-corrected chi connectivity index (χ1v) is 12.7. The number of hydrogen-bond acceptors (Lipinski definition) is 5. The number of sulfonamides is 1. The summed E-state index contributed by atoms with van der Waals surface area (Å²) in [5.41, 5.74) is 1.01. The van der Waals surface area contributed by atoms with E-state index in [9.17, 15) is 26.7 Å². The van der Waals surface area contributed by atoms with Gasteiger partial charge in [-0.1, -0.05) is 44.2 Å². The van der Waals surface area contributed by atoms with Gasteiger partial charge < -0.3 is 9.84 Å². The Hall–Kier alpha value is -2.14. The zero-order valence-corrected chi connectivity index (χ0v) is 19.8. The molecule has 0 aromatic heterocycles. The number of hydrogen-bond donors (Lipinski definition) is 2. The second-order valence-corrected chi connectivity index (χ2v) is 11.4. The fraction of sp³-hybridized carbons (Fsp3) is 0.500. The number of halogens is 3. The van der Waals surface area contributed by atoms with Crippen LogP contribution in [0, 0.1) is 11.3 Å². The van der Waals surface area contributed by atoms with Crippen molar-refractivity contribution in [3.63, 3.8) is 0 Å². The molecular formula is C24H29F3N2O4S. The number of aliphatic hydroxyl groups excluding tert-OH is 1. The average Bonchev–Trinajstić information content (AvgIpc) is 3.03. The highest BCUT2D eigenvalue weighted by atomic mass is 32.2. The first-order chi connectivity index (χ1) is 15.9. The summed E-state index contributed by atoms with van der Waals surface area (Å²) in [4.78, 5) is 2.19. The third-order valence-electron chi connectivity index (χ3n) is 6.78. The van der Waals surface area contributed by atoms with Gasteiger partial charge in [-0.25, -0.2) is 13.1 Å². The van der Waals surface area contributed by atoms with Crippen molar-refractivity contribution in [3.8, 4) is 5.75 Å². The molecule has 186 valence electrons. The van der Waals surface area contributed by atoms with E-state index in [1.54, 1.807) is 0 Å². The van der Waals surface area contributed by atoms with E-state index >= 15 is 0 Å². The van der Waals surface area contributed by atoms with Crippen LogP contribution in [0.2, 0.25) is 0 Å². The third-order valence-corrected chi connectivity index (χ3v) is 8.29. The maximum absolute atomic E-state index is 12.9. The number of likely N-dealkylation sites (tertiary alicyclic amines) is 1. The van der Waals surface area contributed by atoms with Crippen LogP contribution in [0.25, 0.3) is 0 Å². The Morgan fingerprint density at radius 3 is 2.35 bits per heavy atom. The van der Waals surface area contributed by atoms with E-state index in [0.29, 0.717) is 18.8 Å². The Labute approximate surface area is 197 Å². The molecule has 2 unspecified atom stereocenters. The molecule has 2 aromatic carbocycles. The molecule has 2 N–H and O–H groups in total. The van der Waals surface area contributed by atoms with Crippen LogP contribution < -0.4 is 9.46 Å². The first-order valence-electron chi connectivity index (χ1n) is 11.2. The predicted octanol–water partition coefficient (Wildman–Crippen LogP) is 3.91. The quantitative estimate of drug-likeness (QED) is 0.605. The molecule has 10 heteroatoms. The van der Waals surface area contributed by atoms with Crippen molar-refractivity contribution in [3.05, 3.63) is 60.2 Å². The minimum atomic E-state index is -4.86. The lowest BCUT2D eigenvalue weighted by Gasteiger charge is -2.58. The first kappa shape index (κ1) is 25.0. The Morgan fingerprint density at radius 2 is 1.76 bits per heavy atom. The number of nitrogens with one attached hydrogen (secondary N) is 1. The minimum Gasteiger partial charge on any atom is -0.406 e. The van der Waals surface area contributed by atoms with Gasteiger partial charge in [0.15, 0.2) is 0 Å². The monoisotopic (exact) mass is 498 g/mol. The maximum atomic E-state index is 12.9. The molecule has 6 nitrogen and oxygen atoms in total. The van der Waals surface area contributed by atoms with Crippen LogP contribution in [0.15, 0.2) is 59.5 Å². The molecule has 1 aliphatic carbocycles. The van der Waals surface area contributed by atoms with Crippen molar-refractivity contribution in [1.29, 1.82) is 0 Å². The molecule has 4 rings (SSSR count). The number of alkyl halides is 3. The number of aliphatic hydroxyl groups is 1. The van der Waals surface area contributed by atoms with Crippen LogP contribution in [0.4, 0.5) is 13.2 Å². The standard InChI is InChI=1S/C24H29F3N2O4S/c1-16(2)22-23(15-29(22)14-17-6-4-3-5-7-17)12-20(21(30)13-23)28-34(31,32)19-10-8-18(9-11-19)33-24(25,26)27/h3-11,16,20-22,28,30H,12-15H2,1-2H3/t20-,21-,22?,23?/m0/s1. The van der Waals surface area contributed by atoms with Crippen molar-refractivity contribution in [1.82, 2.24) is 9.62 Å². The highest BCUT2D eigenvalue weighted by Crippen LogP contribution is 2.53. The summed E-state index contributed by atoms with van der Waals surface area (Å²) in [5.74, 6) is -0.180. The van der Waals surface area contributed by atoms with Gasteiger partial charge in [0, 0.05) is 30.6 Å². The molecule has 4 atom stereocenters. The molecule has 1 aliphatic heterocycles. The fourth-order valence-corrected chi connectivity index (χ4v) is 7.04. The van der Waals surface area contributed by atoms with Gasteiger partial charge in [0.05, 0.1) is 11.0 Å². The summed E-state index contributed by atoms with van der Waals surface area (Å²) < 4.78 is 69.2. The largest absolute Gasteiger partial charge is 0.573 e. The van der Waals surface area contributed by atoms with E-state index in [-0.39, 0.29) is 16.4 Å². The highest BCUT2D eigenvalue weighted by Gasteiger charge is 2.59. The Morgan fingerprint density at radius 1 is 1.12 bits per heavy atom. The van der Waals surface area contributed by atoms with E-state index in [1.807, 2.05) is 18.2 Å². The second-order valence-electron chi connectivity index (χ2n) is 9.66. The van der Waals surface area contributed by atoms with Gasteiger partial charge in [-0.3, -0.25) is 4.90 Å². The topological polar surface area (TPSA) is 78.9 Å². The molecule has 0 radical (unpaired) electrons. The molecule has 2 fully saturated rings. The van der Waals surface area contributed by atoms with E-state index in [1.165, 1.54) is 5.56 Å². The summed E-state index contributed by atoms with van der Waals surface area (Å²) in [6.45, 7) is 5.84. The molecule has 0 amide bonds. The summed E-state index contributed by atoms with van der Waals surface area (Å²) in [6.07, 6.45) is -4.71. The van der Waals surface area contributed by atoms with Gasteiger partial charge in [-0.2, -0.15) is 0 Å². The molecule has 2 aliphatic rings. The lowest BCUT2D eigenvalue weighted by atomic mass is 9.65. The average molecular weight is 499 g/mol. The van der Waals surface area contributed by atoms with E-state index in [4.69, 9.17) is 0 Å². The van der Waals surface area contributed by atoms with Crippen LogP contribution in [0.5, 0.6) is 5.75 Å². The summed E-state index contributed by atoms with van der Waals surface area (Å²) in [5, 5.41) is 10.8. The third kappa shape index (κ3) is 5.25. The maximum Gasteiger partial charge on any atom is 0.573 e. The normalized spacial score (nSPS) is 27.8. The molecule has 0 bridgehead atoms. The molecular weight excluding hydrogens is 469 g/mol. The van der Waals surface area contributed by atoms with Gasteiger partial charge in [-0.05, 0) is 48.6 Å². The zero-order valence-electron chi connectivity index (χ0n) is 19.0. The minimum absolute atomic E-state index is 0.185. The van der Waals surface area contributed by atoms with Crippen molar-refractivity contribution >= 4 is 10.0 Å². The number of benzene rings is 2. The molecule has 1 saturated heterocycles. The van der Waals surface area contributed by atoms with Gasteiger partial charge in [0.25, 0.3) is 0 Å². The summed E-state index contributed by atoms with van der Waals surface area (Å²) >= 11 is 0. The van der Waals surface area contributed by atoms with Gasteiger partial charge in [0.1, 0.15) is 5.75 Å². The lowest BCUT2D eigenvalue weighted by Crippen LogP contribution is -2.65. The SMILES string of the molecule is CC(C)C1N(Cc2ccccc2)CC12C[C@H](NS(=O)(=O)c1ccc(OC(F)(F)F)cc1)[C@@H](O)C2. The van der Waals surface area contributed by atoms with Crippen LogP contribution in [0.1, 0.15) is 32.3 Å². The van der Waals surface area contributed by atoms with Crippen LogP contribution >= 0.6 is 0 Å². The fourth-order valence-electron chi connectivity index (χ4n) is 5.77.